The van der Waals surface area contributed by atoms with Crippen molar-refractivity contribution in [2.24, 2.45) is 5.41 Å². The molecule has 0 spiro atoms. The van der Waals surface area contributed by atoms with Gasteiger partial charge in [0.2, 0.25) is 11.8 Å². The zero-order chi connectivity index (χ0) is 20.7. The molecule has 1 radical (unpaired) electrons. The number of anilines is 2. The molecule has 1 fully saturated rings. The van der Waals surface area contributed by atoms with Crippen LogP contribution in [0, 0.1) is 31.4 Å². The molecule has 30 heavy (non-hydrogen) atoms. The summed E-state index contributed by atoms with van der Waals surface area (Å²) < 4.78 is 0. The third kappa shape index (κ3) is 6.31. The number of hydrogen-bond acceptors (Lipinski definition) is 3. The normalized spacial score (nSPS) is 13.0. The topological polar surface area (TPSA) is 71.1 Å². The van der Waals surface area contributed by atoms with E-state index < -0.39 is 5.41 Å². The molecule has 1 aliphatic carbocycles. The molecule has 2 aromatic carbocycles. The number of carbonyl (C=O) groups is 2. The molecule has 0 unspecified atom stereocenters. The summed E-state index contributed by atoms with van der Waals surface area (Å²) in [5, 5.41) is 5.60. The maximum Gasteiger partial charge on any atom is 0.240 e. The summed E-state index contributed by atoms with van der Waals surface area (Å²) in [6, 6.07) is 23.9. The number of benzene rings is 2. The molecule has 1 aromatic heterocycles. The van der Waals surface area contributed by atoms with Crippen molar-refractivity contribution in [1.82, 2.24) is 4.98 Å². The van der Waals surface area contributed by atoms with Crippen molar-refractivity contribution in [1.29, 1.82) is 0 Å². The van der Waals surface area contributed by atoms with Crippen LogP contribution in [0.1, 0.15) is 24.1 Å². The van der Waals surface area contributed by atoms with E-state index in [0.717, 1.165) is 11.3 Å². The van der Waals surface area contributed by atoms with Crippen molar-refractivity contribution >= 4 is 23.2 Å². The van der Waals surface area contributed by atoms with E-state index in [2.05, 4.69) is 27.8 Å². The third-order valence-corrected chi connectivity index (χ3v) is 4.81. The van der Waals surface area contributed by atoms with Gasteiger partial charge in [0.1, 0.15) is 5.41 Å². The van der Waals surface area contributed by atoms with Crippen LogP contribution in [0.3, 0.4) is 0 Å². The number of pyridine rings is 1. The summed E-state index contributed by atoms with van der Waals surface area (Å²) in [5.41, 5.74) is 2.64. The average molecular weight is 474 g/mol. The minimum atomic E-state index is -0.935. The van der Waals surface area contributed by atoms with E-state index in [1.54, 1.807) is 42.6 Å². The minimum absolute atomic E-state index is 0. The maximum absolute atomic E-state index is 12.4. The van der Waals surface area contributed by atoms with Crippen molar-refractivity contribution in [3.05, 3.63) is 90.3 Å². The zero-order valence-electron chi connectivity index (χ0n) is 17.1. The summed E-state index contributed by atoms with van der Waals surface area (Å²) in [6.07, 6.45) is 2.91. The molecule has 2 N–H and O–H groups in total. The molecule has 3 aromatic rings. The quantitative estimate of drug-likeness (QED) is 0.437. The second kappa shape index (κ2) is 11.1. The smallest absolute Gasteiger partial charge is 0.240 e. The summed E-state index contributed by atoms with van der Waals surface area (Å²) in [6.45, 7) is 3.98. The van der Waals surface area contributed by atoms with E-state index in [4.69, 9.17) is 0 Å². The fraction of sp³-hybridized carbons (Fsp3) is 0.208. The molecule has 0 aliphatic heterocycles. The molecule has 0 atom stereocenters. The van der Waals surface area contributed by atoms with Gasteiger partial charge in [0, 0.05) is 38.4 Å². The van der Waals surface area contributed by atoms with Crippen LogP contribution in [0.15, 0.2) is 66.9 Å². The van der Waals surface area contributed by atoms with Crippen molar-refractivity contribution in [3.8, 4) is 0 Å². The largest absolute Gasteiger partial charge is 0.388 e. The van der Waals surface area contributed by atoms with Crippen molar-refractivity contribution in [2.75, 3.05) is 10.6 Å². The second-order valence-corrected chi connectivity index (χ2v) is 6.94. The molecule has 0 bridgehead atoms. The number of hydrogen-bond donors (Lipinski definition) is 2. The fourth-order valence-corrected chi connectivity index (χ4v) is 2.69. The summed E-state index contributed by atoms with van der Waals surface area (Å²) in [4.78, 5) is 28.7. The Balaban J connectivity index is 0.000000302. The number of aromatic nitrogens is 1. The number of amides is 2. The SMILES string of the molecule is Cc1[c-]ccnc1C.O=C(Nc1cc[c-]cc1)C1(C(=O)Nc2ccccc2)CC1.[Y]. The van der Waals surface area contributed by atoms with Gasteiger partial charge in [-0.3, -0.25) is 9.59 Å². The van der Waals surface area contributed by atoms with Crippen LogP contribution in [0.4, 0.5) is 11.4 Å². The molecule has 0 saturated heterocycles. The first-order valence-electron chi connectivity index (χ1n) is 9.45. The molecule has 5 nitrogen and oxygen atoms in total. The summed E-state index contributed by atoms with van der Waals surface area (Å²) in [5.74, 6) is -0.490. The maximum atomic E-state index is 12.4. The molecule has 6 heteroatoms. The predicted molar refractivity (Wildman–Crippen MR) is 113 cm³/mol. The fourth-order valence-electron chi connectivity index (χ4n) is 2.69. The molecule has 151 valence electrons. The Morgan fingerprint density at radius 1 is 0.900 bits per heavy atom. The zero-order valence-corrected chi connectivity index (χ0v) is 19.9. The Morgan fingerprint density at radius 2 is 1.47 bits per heavy atom. The number of para-hydroxylation sites is 1. The average Bonchev–Trinajstić information content (AvgIpc) is 3.55. The van der Waals surface area contributed by atoms with Gasteiger partial charge in [-0.25, -0.2) is 0 Å². The van der Waals surface area contributed by atoms with Gasteiger partial charge in [-0.05, 0) is 25.0 Å². The first-order valence-corrected chi connectivity index (χ1v) is 9.45. The first kappa shape index (κ1) is 23.9. The molecular formula is C24H23N3O2Y-2. The second-order valence-electron chi connectivity index (χ2n) is 6.94. The molecule has 1 aliphatic rings. The number of carbonyl (C=O) groups excluding carboxylic acids is 2. The Bertz CT molecular complexity index is 898. The molecule has 2 amide bonds. The van der Waals surface area contributed by atoms with Gasteiger partial charge in [-0.1, -0.05) is 49.6 Å². The Morgan fingerprint density at radius 3 is 1.93 bits per heavy atom. The minimum Gasteiger partial charge on any atom is -0.388 e. The van der Waals surface area contributed by atoms with Crippen molar-refractivity contribution < 1.29 is 42.3 Å². The van der Waals surface area contributed by atoms with Gasteiger partial charge in [0.05, 0.1) is 0 Å². The summed E-state index contributed by atoms with van der Waals surface area (Å²) in [7, 11) is 0. The van der Waals surface area contributed by atoms with Gasteiger partial charge in [-0.2, -0.15) is 30.3 Å². The molecule has 1 saturated carbocycles. The standard InChI is InChI=1S/C17H15N2O2.C7H8N.Y/c20-15(18-13-7-3-1-4-8-13)17(11-12-17)16(21)19-14-9-5-2-6-10-14;1-6-4-3-5-8-7(6)2;/h1,3-10H,11-12H2,(H,18,20)(H,19,21);3,5H,1-2H3;/q2*-1;. The van der Waals surface area contributed by atoms with E-state index in [0.29, 0.717) is 24.2 Å². The molecular weight excluding hydrogens is 451 g/mol. The van der Waals surface area contributed by atoms with Crippen LogP contribution >= 0.6 is 0 Å². The third-order valence-electron chi connectivity index (χ3n) is 4.81. The molecule has 4 rings (SSSR count). The first-order chi connectivity index (χ1) is 14.0. The monoisotopic (exact) mass is 474 g/mol. The predicted octanol–water partition coefficient (Wildman–Crippen LogP) is 4.34. The Kier molecular flexibility index (Phi) is 8.88. The number of nitrogens with one attached hydrogen (secondary N) is 2. The Hall–Kier alpha value is -2.37. The van der Waals surface area contributed by atoms with Crippen LogP contribution in [0.25, 0.3) is 0 Å². The van der Waals surface area contributed by atoms with Crippen molar-refractivity contribution in [3.63, 3.8) is 0 Å². The van der Waals surface area contributed by atoms with Crippen LogP contribution < -0.4 is 10.6 Å². The van der Waals surface area contributed by atoms with Crippen LogP contribution in [0.5, 0.6) is 0 Å². The van der Waals surface area contributed by atoms with E-state index in [1.807, 2.05) is 38.1 Å². The van der Waals surface area contributed by atoms with E-state index >= 15 is 0 Å². The van der Waals surface area contributed by atoms with Gasteiger partial charge in [0.15, 0.2) is 0 Å². The number of aryl methyl sites for hydroxylation is 2. The van der Waals surface area contributed by atoms with E-state index in [-0.39, 0.29) is 44.5 Å². The van der Waals surface area contributed by atoms with Crippen molar-refractivity contribution in [2.45, 2.75) is 26.7 Å². The Labute approximate surface area is 202 Å². The van der Waals surface area contributed by atoms with Gasteiger partial charge in [0.25, 0.3) is 0 Å². The van der Waals surface area contributed by atoms with E-state index in [9.17, 15) is 9.59 Å². The number of nitrogens with zero attached hydrogens (tertiary/aromatic N) is 1. The van der Waals surface area contributed by atoms with Crippen LogP contribution in [-0.4, -0.2) is 16.8 Å². The van der Waals surface area contributed by atoms with Crippen LogP contribution in [0.2, 0.25) is 0 Å². The molecule has 1 heterocycles. The van der Waals surface area contributed by atoms with Gasteiger partial charge in [-0.15, -0.1) is 17.7 Å². The summed E-state index contributed by atoms with van der Waals surface area (Å²) >= 11 is 0. The van der Waals surface area contributed by atoms with Crippen LogP contribution in [-0.2, 0) is 42.3 Å². The van der Waals surface area contributed by atoms with Gasteiger partial charge < -0.3 is 15.6 Å². The van der Waals surface area contributed by atoms with E-state index in [1.165, 1.54) is 0 Å². The van der Waals surface area contributed by atoms with Gasteiger partial charge >= 0.3 is 0 Å². The number of rotatable bonds is 4.